The molecule has 3 atom stereocenters. The lowest BCUT2D eigenvalue weighted by molar-refractivity contribution is -0.126. The van der Waals surface area contributed by atoms with Crippen LogP contribution in [0.3, 0.4) is 0 Å². The van der Waals surface area contributed by atoms with Crippen LogP contribution in [0.2, 0.25) is 0 Å². The number of hydrogen-bond acceptors (Lipinski definition) is 3. The van der Waals surface area contributed by atoms with Gasteiger partial charge in [0.1, 0.15) is 11.5 Å². The maximum Gasteiger partial charge on any atom is 0.343 e. The zero-order valence-corrected chi connectivity index (χ0v) is 16.1. The van der Waals surface area contributed by atoms with Crippen LogP contribution in [0.25, 0.3) is 0 Å². The van der Waals surface area contributed by atoms with Gasteiger partial charge in [0.25, 0.3) is 0 Å². The molecule has 0 amide bonds. The number of ether oxygens (including phenoxy) is 1. The first-order chi connectivity index (χ1) is 13.6. The number of ketones is 1. The molecule has 0 saturated heterocycles. The minimum atomic E-state index is -0.328. The van der Waals surface area contributed by atoms with E-state index in [1.165, 1.54) is 16.7 Å². The van der Waals surface area contributed by atoms with Crippen LogP contribution in [-0.4, -0.2) is 11.8 Å². The van der Waals surface area contributed by atoms with E-state index >= 15 is 0 Å². The first-order valence-corrected chi connectivity index (χ1v) is 10.2. The Hall–Kier alpha value is -2.68. The third-order valence-electron chi connectivity index (χ3n) is 7.09. The SMILES string of the molecule is C[C@]12CC[C@@H]3C(=CCc4cc(OC(=O)c5ccccc5)ccc43)[C@H]1CCC2=O. The van der Waals surface area contributed by atoms with Gasteiger partial charge in [-0.15, -0.1) is 0 Å². The Morgan fingerprint density at radius 1 is 1.11 bits per heavy atom. The van der Waals surface area contributed by atoms with Gasteiger partial charge < -0.3 is 4.74 Å². The number of hydrogen-bond donors (Lipinski definition) is 0. The van der Waals surface area contributed by atoms with Crippen molar-refractivity contribution in [2.45, 2.75) is 44.9 Å². The summed E-state index contributed by atoms with van der Waals surface area (Å²) in [7, 11) is 0. The first kappa shape index (κ1) is 17.4. The number of carbonyl (C=O) groups is 2. The molecule has 2 saturated carbocycles. The molecule has 0 N–H and O–H groups in total. The fraction of sp³-hybridized carbons (Fsp3) is 0.360. The molecule has 5 rings (SSSR count). The second kappa shape index (κ2) is 6.44. The monoisotopic (exact) mass is 372 g/mol. The second-order valence-corrected chi connectivity index (χ2v) is 8.55. The molecule has 3 heteroatoms. The maximum atomic E-state index is 12.4. The average molecular weight is 372 g/mol. The van der Waals surface area contributed by atoms with E-state index in [1.807, 2.05) is 30.3 Å². The van der Waals surface area contributed by atoms with Crippen molar-refractivity contribution in [3.05, 3.63) is 76.9 Å². The zero-order valence-electron chi connectivity index (χ0n) is 16.1. The Morgan fingerprint density at radius 3 is 2.75 bits per heavy atom. The number of fused-ring (bicyclic) bond motifs is 5. The summed E-state index contributed by atoms with van der Waals surface area (Å²) in [6.07, 6.45) is 6.92. The molecule has 0 unspecified atom stereocenters. The van der Waals surface area contributed by atoms with Crippen molar-refractivity contribution in [1.82, 2.24) is 0 Å². The van der Waals surface area contributed by atoms with Gasteiger partial charge in [0.15, 0.2) is 0 Å². The molecule has 28 heavy (non-hydrogen) atoms. The highest BCUT2D eigenvalue weighted by Gasteiger charge is 2.52. The number of benzene rings is 2. The summed E-state index contributed by atoms with van der Waals surface area (Å²) < 4.78 is 5.60. The Kier molecular flexibility index (Phi) is 4.01. The van der Waals surface area contributed by atoms with E-state index in [0.29, 0.717) is 28.9 Å². The van der Waals surface area contributed by atoms with Crippen molar-refractivity contribution in [3.63, 3.8) is 0 Å². The van der Waals surface area contributed by atoms with E-state index in [2.05, 4.69) is 19.1 Å². The standard InChI is InChI=1S/C25H24O3/c1-25-14-13-20-19-10-8-18(28-24(27)16-5-3-2-4-6-16)15-17(19)7-9-21(20)22(25)11-12-23(25)26/h2-6,8-10,15,20,22H,7,11-14H2,1H3/t20-,22+,25-/m0/s1. The highest BCUT2D eigenvalue weighted by Crippen LogP contribution is 2.57. The van der Waals surface area contributed by atoms with Gasteiger partial charge in [0.05, 0.1) is 5.56 Å². The Morgan fingerprint density at radius 2 is 1.93 bits per heavy atom. The van der Waals surface area contributed by atoms with Gasteiger partial charge in [-0.05, 0) is 67.0 Å². The fourth-order valence-electron chi connectivity index (χ4n) is 5.53. The number of allylic oxidation sites excluding steroid dienone is 2. The van der Waals surface area contributed by atoms with Crippen LogP contribution in [0.15, 0.2) is 60.2 Å². The van der Waals surface area contributed by atoms with Gasteiger partial charge >= 0.3 is 5.97 Å². The molecule has 0 radical (unpaired) electrons. The van der Waals surface area contributed by atoms with E-state index in [1.54, 1.807) is 12.1 Å². The maximum absolute atomic E-state index is 12.4. The molecule has 0 aliphatic heterocycles. The molecule has 2 aromatic rings. The highest BCUT2D eigenvalue weighted by atomic mass is 16.5. The summed E-state index contributed by atoms with van der Waals surface area (Å²) >= 11 is 0. The minimum Gasteiger partial charge on any atom is -0.423 e. The fourth-order valence-corrected chi connectivity index (χ4v) is 5.53. The third-order valence-corrected chi connectivity index (χ3v) is 7.09. The summed E-state index contributed by atoms with van der Waals surface area (Å²) in [5.41, 5.74) is 4.46. The smallest absolute Gasteiger partial charge is 0.343 e. The molecular weight excluding hydrogens is 348 g/mol. The summed E-state index contributed by atoms with van der Waals surface area (Å²) in [5, 5.41) is 0. The lowest BCUT2D eigenvalue weighted by Crippen LogP contribution is -2.37. The molecule has 142 valence electrons. The minimum absolute atomic E-state index is 0.148. The molecule has 0 heterocycles. The van der Waals surface area contributed by atoms with Gasteiger partial charge in [0.2, 0.25) is 0 Å². The van der Waals surface area contributed by atoms with Crippen LogP contribution < -0.4 is 4.74 Å². The van der Waals surface area contributed by atoms with Crippen LogP contribution in [0.1, 0.15) is 60.0 Å². The highest BCUT2D eigenvalue weighted by molar-refractivity contribution is 5.91. The number of rotatable bonds is 2. The van der Waals surface area contributed by atoms with Crippen LogP contribution >= 0.6 is 0 Å². The third kappa shape index (κ3) is 2.64. The van der Waals surface area contributed by atoms with Crippen molar-refractivity contribution in [1.29, 1.82) is 0 Å². The average Bonchev–Trinajstić information content (AvgIpc) is 3.03. The van der Waals surface area contributed by atoms with Gasteiger partial charge in [-0.2, -0.15) is 0 Å². The van der Waals surface area contributed by atoms with Crippen LogP contribution in [0, 0.1) is 11.3 Å². The van der Waals surface area contributed by atoms with Crippen molar-refractivity contribution in [2.24, 2.45) is 11.3 Å². The predicted octanol–water partition coefficient (Wildman–Crippen LogP) is 5.25. The van der Waals surface area contributed by atoms with Crippen molar-refractivity contribution >= 4 is 11.8 Å². The molecule has 0 aromatic heterocycles. The van der Waals surface area contributed by atoms with Gasteiger partial charge in [-0.25, -0.2) is 4.79 Å². The van der Waals surface area contributed by atoms with Gasteiger partial charge in [-0.3, -0.25) is 4.79 Å². The lowest BCUT2D eigenvalue weighted by atomic mass is 9.60. The molecule has 0 bridgehead atoms. The number of carbonyl (C=O) groups excluding carboxylic acids is 2. The van der Waals surface area contributed by atoms with E-state index in [9.17, 15) is 9.59 Å². The quantitative estimate of drug-likeness (QED) is 0.411. The van der Waals surface area contributed by atoms with Crippen molar-refractivity contribution in [3.8, 4) is 5.75 Å². The van der Waals surface area contributed by atoms with Crippen molar-refractivity contribution in [2.75, 3.05) is 0 Å². The summed E-state index contributed by atoms with van der Waals surface area (Å²) in [6.45, 7) is 2.17. The molecular formula is C25H24O3. The molecule has 0 spiro atoms. The predicted molar refractivity (Wildman–Crippen MR) is 107 cm³/mol. The van der Waals surface area contributed by atoms with E-state index in [-0.39, 0.29) is 11.4 Å². The van der Waals surface area contributed by atoms with E-state index in [0.717, 1.165) is 32.1 Å². The molecule has 3 nitrogen and oxygen atoms in total. The zero-order chi connectivity index (χ0) is 19.3. The normalized spacial score (nSPS) is 28.0. The largest absolute Gasteiger partial charge is 0.423 e. The summed E-state index contributed by atoms with van der Waals surface area (Å²) in [6, 6.07) is 15.1. The molecule has 3 aliphatic rings. The van der Waals surface area contributed by atoms with Gasteiger partial charge in [0, 0.05) is 17.8 Å². The summed E-state index contributed by atoms with van der Waals surface area (Å²) in [4.78, 5) is 24.8. The van der Waals surface area contributed by atoms with Crippen LogP contribution in [0.4, 0.5) is 0 Å². The number of Topliss-reactive ketones (excluding diaryl/α,β-unsaturated/α-hetero) is 1. The lowest BCUT2D eigenvalue weighted by Gasteiger charge is -2.43. The molecule has 3 aliphatic carbocycles. The summed E-state index contributed by atoms with van der Waals surface area (Å²) in [5.74, 6) is 1.53. The first-order valence-electron chi connectivity index (χ1n) is 10.2. The molecule has 2 fully saturated rings. The topological polar surface area (TPSA) is 43.4 Å². The molecule has 2 aromatic carbocycles. The Bertz CT molecular complexity index is 988. The van der Waals surface area contributed by atoms with Gasteiger partial charge in [-0.1, -0.05) is 42.8 Å². The van der Waals surface area contributed by atoms with Crippen molar-refractivity contribution < 1.29 is 14.3 Å². The van der Waals surface area contributed by atoms with Crippen LogP contribution in [0.5, 0.6) is 5.75 Å². The Labute approximate surface area is 165 Å². The second-order valence-electron chi connectivity index (χ2n) is 8.55. The number of esters is 1. The van der Waals surface area contributed by atoms with E-state index < -0.39 is 0 Å². The Balaban J connectivity index is 1.40. The van der Waals surface area contributed by atoms with Crippen LogP contribution in [-0.2, 0) is 11.2 Å². The van der Waals surface area contributed by atoms with E-state index in [4.69, 9.17) is 4.74 Å².